The van der Waals surface area contributed by atoms with E-state index in [-0.39, 0.29) is 12.2 Å². The van der Waals surface area contributed by atoms with Crippen LogP contribution in [0.4, 0.5) is 10.5 Å². The van der Waals surface area contributed by atoms with E-state index < -0.39 is 17.8 Å². The number of carbonyl (C=O) groups excluding carboxylic acids is 3. The minimum atomic E-state index is -0.932. The summed E-state index contributed by atoms with van der Waals surface area (Å²) < 4.78 is 16.6. The van der Waals surface area contributed by atoms with Gasteiger partial charge < -0.3 is 14.2 Å². The van der Waals surface area contributed by atoms with Crippen molar-refractivity contribution in [3.05, 3.63) is 46.4 Å². The minimum Gasteiger partial charge on any atom is -0.493 e. The quantitative estimate of drug-likeness (QED) is 0.463. The Morgan fingerprint density at radius 2 is 1.66 bits per heavy atom. The molecule has 2 aromatic carbocycles. The molecule has 4 amide bonds. The highest BCUT2D eigenvalue weighted by Gasteiger charge is 2.46. The molecular formula is C20H19BrN2O6. The van der Waals surface area contributed by atoms with Crippen molar-refractivity contribution in [2.75, 3.05) is 25.7 Å². The molecule has 3 rings (SSSR count). The minimum absolute atomic E-state index is 0.113. The summed E-state index contributed by atoms with van der Waals surface area (Å²) in [7, 11) is 2.98. The number of methoxy groups -OCH3 is 2. The predicted octanol–water partition coefficient (Wildman–Crippen LogP) is 3.36. The maximum atomic E-state index is 13.0. The number of halogens is 1. The van der Waals surface area contributed by atoms with Gasteiger partial charge in [0.2, 0.25) is 0 Å². The smallest absolute Gasteiger partial charge is 0.339 e. The Labute approximate surface area is 176 Å². The van der Waals surface area contributed by atoms with Gasteiger partial charge in [0, 0.05) is 0 Å². The zero-order valence-corrected chi connectivity index (χ0v) is 17.7. The Morgan fingerprint density at radius 1 is 0.931 bits per heavy atom. The van der Waals surface area contributed by atoms with Gasteiger partial charge in [-0.15, -0.1) is 0 Å². The van der Waals surface area contributed by atoms with Gasteiger partial charge >= 0.3 is 17.8 Å². The molecule has 0 aromatic heterocycles. The third-order valence-corrected chi connectivity index (χ3v) is 5.22. The van der Waals surface area contributed by atoms with Crippen LogP contribution in [0.5, 0.6) is 17.2 Å². The summed E-state index contributed by atoms with van der Waals surface area (Å²) >= 11 is 3.41. The second-order valence-corrected chi connectivity index (χ2v) is 6.78. The summed E-state index contributed by atoms with van der Waals surface area (Å²) in [5.74, 6) is -0.583. The lowest BCUT2D eigenvalue weighted by molar-refractivity contribution is -0.139. The van der Waals surface area contributed by atoms with Crippen molar-refractivity contribution in [1.82, 2.24) is 4.90 Å². The van der Waals surface area contributed by atoms with Crippen molar-refractivity contribution in [2.45, 2.75) is 13.5 Å². The molecule has 29 heavy (non-hydrogen) atoms. The lowest BCUT2D eigenvalue weighted by atomic mass is 10.2. The van der Waals surface area contributed by atoms with E-state index in [0.717, 1.165) is 9.80 Å². The molecule has 0 bridgehead atoms. The van der Waals surface area contributed by atoms with Crippen LogP contribution in [0.1, 0.15) is 12.5 Å². The van der Waals surface area contributed by atoms with Crippen LogP contribution < -0.4 is 19.1 Å². The summed E-state index contributed by atoms with van der Waals surface area (Å²) in [6, 6.07) is 9.19. The fourth-order valence-electron chi connectivity index (χ4n) is 3.00. The van der Waals surface area contributed by atoms with Gasteiger partial charge in [0.05, 0.1) is 37.5 Å². The third kappa shape index (κ3) is 3.65. The van der Waals surface area contributed by atoms with Crippen LogP contribution in [0.2, 0.25) is 0 Å². The molecule has 152 valence electrons. The van der Waals surface area contributed by atoms with Crippen LogP contribution >= 0.6 is 15.9 Å². The third-order valence-electron chi connectivity index (χ3n) is 4.35. The van der Waals surface area contributed by atoms with E-state index in [2.05, 4.69) is 15.9 Å². The number of para-hydroxylation sites is 2. The van der Waals surface area contributed by atoms with Crippen molar-refractivity contribution in [3.8, 4) is 17.2 Å². The molecular weight excluding hydrogens is 444 g/mol. The molecule has 8 nitrogen and oxygen atoms in total. The first-order chi connectivity index (χ1) is 13.9. The number of hydrogen-bond donors (Lipinski definition) is 0. The number of benzene rings is 2. The van der Waals surface area contributed by atoms with E-state index >= 15 is 0 Å². The monoisotopic (exact) mass is 462 g/mol. The second-order valence-electron chi connectivity index (χ2n) is 5.99. The van der Waals surface area contributed by atoms with E-state index in [0.29, 0.717) is 33.9 Å². The van der Waals surface area contributed by atoms with Gasteiger partial charge in [0.15, 0.2) is 11.5 Å². The van der Waals surface area contributed by atoms with Gasteiger partial charge in [-0.05, 0) is 46.6 Å². The largest absolute Gasteiger partial charge is 0.493 e. The van der Waals surface area contributed by atoms with E-state index in [4.69, 9.17) is 14.2 Å². The summed E-state index contributed by atoms with van der Waals surface area (Å²) in [4.78, 5) is 39.8. The number of carbonyl (C=O) groups is 3. The average molecular weight is 463 g/mol. The topological polar surface area (TPSA) is 85.4 Å². The molecule has 1 heterocycles. The molecule has 0 saturated carbocycles. The molecule has 0 atom stereocenters. The first-order valence-electron chi connectivity index (χ1n) is 8.75. The van der Waals surface area contributed by atoms with Crippen LogP contribution in [-0.4, -0.2) is 43.6 Å². The molecule has 0 radical (unpaired) electrons. The molecule has 1 saturated heterocycles. The van der Waals surface area contributed by atoms with Crippen molar-refractivity contribution < 1.29 is 28.6 Å². The average Bonchev–Trinajstić information content (AvgIpc) is 2.93. The number of ether oxygens (including phenoxy) is 3. The lowest BCUT2D eigenvalue weighted by Gasteiger charge is -2.19. The normalized spacial score (nSPS) is 13.9. The Hall–Kier alpha value is -3.07. The standard InChI is InChI=1S/C20H19BrN2O6/c1-4-29-14-8-6-5-7-13(14)23-19(25)18(24)22(20(23)26)11-12-9-10-15(27-2)17(28-3)16(12)21/h5-10H,4,11H2,1-3H3. The van der Waals surface area contributed by atoms with Gasteiger partial charge in [0.25, 0.3) is 0 Å². The van der Waals surface area contributed by atoms with Gasteiger partial charge in [0.1, 0.15) is 5.75 Å². The van der Waals surface area contributed by atoms with Gasteiger partial charge in [-0.1, -0.05) is 18.2 Å². The van der Waals surface area contributed by atoms with Crippen molar-refractivity contribution in [2.24, 2.45) is 0 Å². The van der Waals surface area contributed by atoms with E-state index in [9.17, 15) is 14.4 Å². The Bertz CT molecular complexity index is 977. The molecule has 0 spiro atoms. The number of amides is 4. The number of hydrogen-bond acceptors (Lipinski definition) is 6. The van der Waals surface area contributed by atoms with Crippen LogP contribution in [-0.2, 0) is 16.1 Å². The lowest BCUT2D eigenvalue weighted by Crippen LogP contribution is -2.33. The molecule has 1 fully saturated rings. The Kier molecular flexibility index (Phi) is 6.07. The molecule has 0 aliphatic carbocycles. The molecule has 2 aromatic rings. The molecule has 1 aliphatic heterocycles. The molecule has 0 unspecified atom stereocenters. The van der Waals surface area contributed by atoms with Crippen LogP contribution in [0.25, 0.3) is 0 Å². The van der Waals surface area contributed by atoms with Crippen molar-refractivity contribution in [3.63, 3.8) is 0 Å². The van der Waals surface area contributed by atoms with Crippen molar-refractivity contribution in [1.29, 1.82) is 0 Å². The number of imide groups is 2. The fourth-order valence-corrected chi connectivity index (χ4v) is 3.61. The zero-order chi connectivity index (χ0) is 21.1. The van der Waals surface area contributed by atoms with Gasteiger partial charge in [-0.25, -0.2) is 9.69 Å². The van der Waals surface area contributed by atoms with E-state index in [1.165, 1.54) is 14.2 Å². The summed E-state index contributed by atoms with van der Waals surface area (Å²) in [5, 5.41) is 0. The van der Waals surface area contributed by atoms with Gasteiger partial charge in [-0.3, -0.25) is 14.5 Å². The molecule has 0 N–H and O–H groups in total. The second kappa shape index (κ2) is 8.52. The van der Waals surface area contributed by atoms with Crippen LogP contribution in [0, 0.1) is 0 Å². The van der Waals surface area contributed by atoms with E-state index in [1.54, 1.807) is 43.3 Å². The zero-order valence-electron chi connectivity index (χ0n) is 16.1. The summed E-state index contributed by atoms with van der Waals surface area (Å²) in [6.45, 7) is 2.03. The molecule has 1 aliphatic rings. The maximum Gasteiger partial charge on any atom is 0.339 e. The number of nitrogens with zero attached hydrogens (tertiary/aromatic N) is 2. The maximum absolute atomic E-state index is 13.0. The Morgan fingerprint density at radius 3 is 2.31 bits per heavy atom. The van der Waals surface area contributed by atoms with Crippen LogP contribution in [0.15, 0.2) is 40.9 Å². The first kappa shape index (κ1) is 20.7. The number of anilines is 1. The van der Waals surface area contributed by atoms with Crippen molar-refractivity contribution >= 4 is 39.5 Å². The first-order valence-corrected chi connectivity index (χ1v) is 9.54. The van der Waals surface area contributed by atoms with E-state index in [1.807, 2.05) is 0 Å². The fraction of sp³-hybridized carbons (Fsp3) is 0.250. The highest BCUT2D eigenvalue weighted by atomic mass is 79.9. The Balaban J connectivity index is 1.95. The highest BCUT2D eigenvalue weighted by molar-refractivity contribution is 9.10. The predicted molar refractivity (Wildman–Crippen MR) is 108 cm³/mol. The molecule has 9 heteroatoms. The number of urea groups is 1. The SMILES string of the molecule is CCOc1ccccc1N1C(=O)C(=O)N(Cc2ccc(OC)c(OC)c2Br)C1=O. The highest BCUT2D eigenvalue weighted by Crippen LogP contribution is 2.39. The summed E-state index contributed by atoms with van der Waals surface area (Å²) in [6.07, 6.45) is 0. The van der Waals surface area contributed by atoms with Crippen LogP contribution in [0.3, 0.4) is 0 Å². The number of rotatable bonds is 7. The summed E-state index contributed by atoms with van der Waals surface area (Å²) in [5.41, 5.74) is 0.809. The van der Waals surface area contributed by atoms with Gasteiger partial charge in [-0.2, -0.15) is 0 Å².